The lowest BCUT2D eigenvalue weighted by molar-refractivity contribution is 0.395. The maximum absolute atomic E-state index is 14.1. The number of fused-ring (bicyclic) bond motifs is 2. The molecule has 0 spiro atoms. The highest BCUT2D eigenvalue weighted by atomic mass is 19.1. The van der Waals surface area contributed by atoms with Crippen molar-refractivity contribution >= 4 is 27.5 Å². The third-order valence-corrected chi connectivity index (χ3v) is 6.29. The minimum Gasteiger partial charge on any atom is -0.494 e. The SMILES string of the molecule is CC(Cc1cc(F)ccc1F)Nc1cc[nH]c(=O)c1-c1nc2cc3c(O)n(C(C)C)c(=O)cc3cc2[nH]1. The third-order valence-electron chi connectivity index (χ3n) is 6.29. The zero-order valence-electron chi connectivity index (χ0n) is 20.4. The van der Waals surface area contributed by atoms with Gasteiger partial charge in [0, 0.05) is 29.7 Å². The Morgan fingerprint density at radius 1 is 1.08 bits per heavy atom. The van der Waals surface area contributed by atoms with Crippen LogP contribution in [0.4, 0.5) is 14.5 Å². The fourth-order valence-corrected chi connectivity index (χ4v) is 4.62. The molecule has 0 aliphatic rings. The number of hydrogen-bond acceptors (Lipinski definition) is 5. The second-order valence-electron chi connectivity index (χ2n) is 9.39. The van der Waals surface area contributed by atoms with Crippen LogP contribution in [0.5, 0.6) is 5.88 Å². The summed E-state index contributed by atoms with van der Waals surface area (Å²) in [5, 5.41) is 14.9. The number of aromatic nitrogens is 4. The van der Waals surface area contributed by atoms with Crippen LogP contribution in [0.2, 0.25) is 0 Å². The van der Waals surface area contributed by atoms with Crippen LogP contribution in [0, 0.1) is 11.6 Å². The largest absolute Gasteiger partial charge is 0.494 e. The van der Waals surface area contributed by atoms with Gasteiger partial charge in [0.25, 0.3) is 11.1 Å². The number of H-pyrrole nitrogens is 2. The van der Waals surface area contributed by atoms with E-state index < -0.39 is 17.2 Å². The maximum Gasteiger partial charge on any atom is 0.261 e. The number of aromatic amines is 2. The molecule has 0 aliphatic carbocycles. The molecular formula is C27H25F2N5O3. The van der Waals surface area contributed by atoms with Crippen molar-refractivity contribution in [3.8, 4) is 17.3 Å². The summed E-state index contributed by atoms with van der Waals surface area (Å²) in [6, 6.07) is 9.21. The molecule has 5 rings (SSSR count). The number of pyridine rings is 2. The first kappa shape index (κ1) is 24.2. The molecule has 0 saturated heterocycles. The topological polar surface area (TPSA) is 116 Å². The van der Waals surface area contributed by atoms with E-state index in [0.717, 1.165) is 18.2 Å². The Morgan fingerprint density at radius 2 is 1.86 bits per heavy atom. The van der Waals surface area contributed by atoms with Crippen LogP contribution in [-0.2, 0) is 6.42 Å². The van der Waals surface area contributed by atoms with Gasteiger partial charge in [-0.15, -0.1) is 0 Å². The number of hydrogen-bond donors (Lipinski definition) is 4. The van der Waals surface area contributed by atoms with Gasteiger partial charge in [-0.05, 0) is 74.5 Å². The van der Waals surface area contributed by atoms with Gasteiger partial charge in [0.15, 0.2) is 0 Å². The summed E-state index contributed by atoms with van der Waals surface area (Å²) in [4.78, 5) is 35.7. The summed E-state index contributed by atoms with van der Waals surface area (Å²) in [6.45, 7) is 5.41. The Kier molecular flexibility index (Phi) is 6.02. The summed E-state index contributed by atoms with van der Waals surface area (Å²) in [7, 11) is 0. The van der Waals surface area contributed by atoms with Crippen LogP contribution in [0.25, 0.3) is 33.2 Å². The van der Waals surface area contributed by atoms with E-state index in [1.54, 1.807) is 39.0 Å². The molecule has 0 bridgehead atoms. The standard InChI is InChI=1S/C27H25F2N5O3/c1-13(2)34-23(35)11-15-10-21-22(12-18(15)27(34)37)33-25(32-21)24-20(6-7-30-26(24)36)31-14(3)8-16-9-17(28)4-5-19(16)29/h4-7,9-14,37H,8H2,1-3H3,(H,32,33)(H2,30,31,36). The maximum atomic E-state index is 14.1. The highest BCUT2D eigenvalue weighted by molar-refractivity contribution is 5.98. The molecule has 3 heterocycles. The third kappa shape index (κ3) is 4.46. The van der Waals surface area contributed by atoms with Gasteiger partial charge in [0.2, 0.25) is 5.88 Å². The van der Waals surface area contributed by atoms with Crippen molar-refractivity contribution in [2.45, 2.75) is 39.3 Å². The number of nitrogens with one attached hydrogen (secondary N) is 3. The van der Waals surface area contributed by atoms with Crippen LogP contribution in [0.1, 0.15) is 32.4 Å². The van der Waals surface area contributed by atoms with Crippen molar-refractivity contribution in [1.82, 2.24) is 19.5 Å². The van der Waals surface area contributed by atoms with Crippen molar-refractivity contribution in [2.75, 3.05) is 5.32 Å². The average molecular weight is 506 g/mol. The fraction of sp³-hybridized carbons (Fsp3) is 0.222. The van der Waals surface area contributed by atoms with E-state index in [1.165, 1.54) is 16.8 Å². The van der Waals surface area contributed by atoms with Gasteiger partial charge >= 0.3 is 0 Å². The van der Waals surface area contributed by atoms with E-state index in [-0.39, 0.29) is 46.9 Å². The molecule has 0 fully saturated rings. The van der Waals surface area contributed by atoms with Crippen LogP contribution in [-0.4, -0.2) is 30.7 Å². The zero-order chi connectivity index (χ0) is 26.4. The van der Waals surface area contributed by atoms with Crippen LogP contribution in [0.15, 0.2) is 58.3 Å². The molecule has 3 aromatic heterocycles. The molecule has 0 saturated carbocycles. The minimum atomic E-state index is -0.524. The Hall–Kier alpha value is -4.47. The second kappa shape index (κ2) is 9.20. The molecule has 0 radical (unpaired) electrons. The van der Waals surface area contributed by atoms with Crippen molar-refractivity contribution in [1.29, 1.82) is 0 Å². The van der Waals surface area contributed by atoms with Crippen LogP contribution in [0.3, 0.4) is 0 Å². The first-order chi connectivity index (χ1) is 17.6. The normalized spacial score (nSPS) is 12.5. The summed E-state index contributed by atoms with van der Waals surface area (Å²) in [6.07, 6.45) is 1.67. The molecule has 1 atom stereocenters. The van der Waals surface area contributed by atoms with Crippen LogP contribution >= 0.6 is 0 Å². The Labute approximate surface area is 209 Å². The van der Waals surface area contributed by atoms with Gasteiger partial charge in [-0.3, -0.25) is 14.2 Å². The van der Waals surface area contributed by atoms with E-state index in [4.69, 9.17) is 0 Å². The minimum absolute atomic E-state index is 0.151. The summed E-state index contributed by atoms with van der Waals surface area (Å²) in [5.41, 5.74) is 1.26. The highest BCUT2D eigenvalue weighted by Crippen LogP contribution is 2.31. The fourth-order valence-electron chi connectivity index (χ4n) is 4.62. The first-order valence-electron chi connectivity index (χ1n) is 11.8. The van der Waals surface area contributed by atoms with E-state index in [9.17, 15) is 23.5 Å². The lowest BCUT2D eigenvalue weighted by Crippen LogP contribution is -2.22. The average Bonchev–Trinajstić information content (AvgIpc) is 3.22. The summed E-state index contributed by atoms with van der Waals surface area (Å²) < 4.78 is 29.0. The van der Waals surface area contributed by atoms with Crippen molar-refractivity contribution < 1.29 is 13.9 Å². The number of imidazole rings is 1. The predicted octanol–water partition coefficient (Wildman–Crippen LogP) is 4.84. The summed E-state index contributed by atoms with van der Waals surface area (Å²) in [5.74, 6) is -0.905. The Balaban J connectivity index is 1.55. The van der Waals surface area contributed by atoms with Crippen LogP contribution < -0.4 is 16.4 Å². The van der Waals surface area contributed by atoms with Gasteiger partial charge in [0.1, 0.15) is 23.0 Å². The molecule has 37 heavy (non-hydrogen) atoms. The molecule has 2 aromatic carbocycles. The van der Waals surface area contributed by atoms with E-state index >= 15 is 0 Å². The number of halogens is 2. The zero-order valence-corrected chi connectivity index (χ0v) is 20.4. The number of benzene rings is 2. The predicted molar refractivity (Wildman–Crippen MR) is 139 cm³/mol. The highest BCUT2D eigenvalue weighted by Gasteiger charge is 2.19. The van der Waals surface area contributed by atoms with E-state index in [0.29, 0.717) is 27.5 Å². The molecule has 0 aliphatic heterocycles. The number of anilines is 1. The monoisotopic (exact) mass is 505 g/mol. The van der Waals surface area contributed by atoms with Gasteiger partial charge in [0.05, 0.1) is 16.7 Å². The first-order valence-corrected chi connectivity index (χ1v) is 11.8. The molecular weight excluding hydrogens is 480 g/mol. The number of nitrogens with zero attached hydrogens (tertiary/aromatic N) is 2. The van der Waals surface area contributed by atoms with Crippen molar-refractivity contribution in [3.63, 3.8) is 0 Å². The lowest BCUT2D eigenvalue weighted by atomic mass is 10.1. The van der Waals surface area contributed by atoms with Gasteiger partial charge in [-0.2, -0.15) is 0 Å². The Bertz CT molecular complexity index is 1770. The molecule has 190 valence electrons. The lowest BCUT2D eigenvalue weighted by Gasteiger charge is -2.17. The molecule has 5 aromatic rings. The second-order valence-corrected chi connectivity index (χ2v) is 9.39. The van der Waals surface area contributed by atoms with Gasteiger partial charge in [-0.25, -0.2) is 13.8 Å². The number of rotatable bonds is 6. The molecule has 4 N–H and O–H groups in total. The Morgan fingerprint density at radius 3 is 2.62 bits per heavy atom. The van der Waals surface area contributed by atoms with Gasteiger partial charge in [-0.1, -0.05) is 0 Å². The quantitative estimate of drug-likeness (QED) is 0.264. The van der Waals surface area contributed by atoms with E-state index in [1.807, 2.05) is 0 Å². The molecule has 1 unspecified atom stereocenters. The summed E-state index contributed by atoms with van der Waals surface area (Å²) >= 11 is 0. The van der Waals surface area contributed by atoms with E-state index in [2.05, 4.69) is 20.3 Å². The van der Waals surface area contributed by atoms with Crippen molar-refractivity contribution in [3.05, 3.63) is 86.6 Å². The number of aromatic hydroxyl groups is 1. The molecule has 10 heteroatoms. The molecule has 8 nitrogen and oxygen atoms in total. The smallest absolute Gasteiger partial charge is 0.261 e. The van der Waals surface area contributed by atoms with Gasteiger partial charge < -0.3 is 20.4 Å². The molecule has 0 amide bonds. The van der Waals surface area contributed by atoms with Crippen molar-refractivity contribution in [2.24, 2.45) is 0 Å².